The van der Waals surface area contributed by atoms with Crippen LogP contribution in [0.25, 0.3) is 0 Å². The highest BCUT2D eigenvalue weighted by Crippen LogP contribution is 2.25. The summed E-state index contributed by atoms with van der Waals surface area (Å²) in [5.74, 6) is -0.339. The van der Waals surface area contributed by atoms with E-state index in [0.717, 1.165) is 10.6 Å². The van der Waals surface area contributed by atoms with E-state index in [-0.39, 0.29) is 12.5 Å². The highest BCUT2D eigenvalue weighted by molar-refractivity contribution is 7.92. The summed E-state index contributed by atoms with van der Waals surface area (Å²) in [4.78, 5) is 27.7. The third kappa shape index (κ3) is 7.25. The number of nitrogens with zero attached hydrogens (tertiary/aromatic N) is 2. The number of sulfonamides is 1. The first kappa shape index (κ1) is 27.8. The zero-order valence-corrected chi connectivity index (χ0v) is 21.9. The van der Waals surface area contributed by atoms with E-state index in [1.807, 2.05) is 0 Å². The van der Waals surface area contributed by atoms with E-state index < -0.39 is 28.5 Å². The number of amides is 2. The molecule has 186 valence electrons. The summed E-state index contributed by atoms with van der Waals surface area (Å²) < 4.78 is 31.3. The average Bonchev–Trinajstić information content (AvgIpc) is 2.78. The maximum Gasteiger partial charge on any atom is 0.244 e. The Bertz CT molecular complexity index is 1110. The van der Waals surface area contributed by atoms with Crippen LogP contribution in [0.15, 0.2) is 42.5 Å². The van der Waals surface area contributed by atoms with Gasteiger partial charge >= 0.3 is 0 Å². The summed E-state index contributed by atoms with van der Waals surface area (Å²) in [7, 11) is -2.32. The predicted molar refractivity (Wildman–Crippen MR) is 135 cm³/mol. The van der Waals surface area contributed by atoms with Gasteiger partial charge in [0.25, 0.3) is 0 Å². The van der Waals surface area contributed by atoms with E-state index in [4.69, 9.17) is 27.9 Å². The Labute approximate surface area is 210 Å². The highest BCUT2D eigenvalue weighted by atomic mass is 35.5. The summed E-state index contributed by atoms with van der Waals surface area (Å²) in [6.45, 7) is 3.46. The maximum absolute atomic E-state index is 13.5. The lowest BCUT2D eigenvalue weighted by Gasteiger charge is -2.33. The van der Waals surface area contributed by atoms with Gasteiger partial charge in [0.1, 0.15) is 18.3 Å². The normalized spacial score (nSPS) is 12.1. The van der Waals surface area contributed by atoms with E-state index in [9.17, 15) is 18.0 Å². The second-order valence-corrected chi connectivity index (χ2v) is 10.3. The van der Waals surface area contributed by atoms with Crippen LogP contribution >= 0.6 is 23.2 Å². The molecule has 0 saturated heterocycles. The number of likely N-dealkylation sites (N-methyl/N-ethyl adjacent to an activating group) is 1. The standard InChI is InChI=1S/C23H29Cl2N3O5S/c1-5-21(23(30)26-6-2)27(14-16-7-8-17(24)13-20(16)25)22(29)15-28(34(4,31)32)18-9-11-19(33-3)12-10-18/h7-13,21H,5-6,14-15H2,1-4H3,(H,26,30). The minimum Gasteiger partial charge on any atom is -0.497 e. The second kappa shape index (κ2) is 12.3. The second-order valence-electron chi connectivity index (χ2n) is 7.54. The van der Waals surface area contributed by atoms with Gasteiger partial charge in [-0.05, 0) is 55.3 Å². The molecule has 34 heavy (non-hydrogen) atoms. The Kier molecular flexibility index (Phi) is 10.0. The van der Waals surface area contributed by atoms with Gasteiger partial charge in [0.05, 0.1) is 19.1 Å². The summed E-state index contributed by atoms with van der Waals surface area (Å²) >= 11 is 12.3. The molecule has 11 heteroatoms. The number of anilines is 1. The molecule has 2 aromatic rings. The highest BCUT2D eigenvalue weighted by Gasteiger charge is 2.32. The van der Waals surface area contributed by atoms with Gasteiger partial charge in [0.15, 0.2) is 0 Å². The zero-order valence-electron chi connectivity index (χ0n) is 19.5. The molecule has 0 bridgehead atoms. The molecule has 0 aliphatic heterocycles. The van der Waals surface area contributed by atoms with E-state index in [1.54, 1.807) is 56.3 Å². The molecular weight excluding hydrogens is 501 g/mol. The monoisotopic (exact) mass is 529 g/mol. The van der Waals surface area contributed by atoms with Crippen LogP contribution in [0.2, 0.25) is 10.0 Å². The third-order valence-electron chi connectivity index (χ3n) is 5.13. The predicted octanol–water partition coefficient (Wildman–Crippen LogP) is 3.71. The number of methoxy groups -OCH3 is 1. The largest absolute Gasteiger partial charge is 0.497 e. The van der Waals surface area contributed by atoms with Gasteiger partial charge in [-0.15, -0.1) is 0 Å². The summed E-state index contributed by atoms with van der Waals surface area (Å²) in [5.41, 5.74) is 0.879. The topological polar surface area (TPSA) is 96.0 Å². The van der Waals surface area contributed by atoms with E-state index in [2.05, 4.69) is 5.32 Å². The molecule has 0 aliphatic carbocycles. The Hall–Kier alpha value is -2.49. The van der Waals surface area contributed by atoms with E-state index in [1.165, 1.54) is 12.0 Å². The molecular formula is C23H29Cl2N3O5S. The van der Waals surface area contributed by atoms with E-state index in [0.29, 0.717) is 40.0 Å². The van der Waals surface area contributed by atoms with Crippen molar-refractivity contribution in [3.8, 4) is 5.75 Å². The van der Waals surface area contributed by atoms with Crippen LogP contribution in [-0.2, 0) is 26.2 Å². The number of ether oxygens (including phenoxy) is 1. The van der Waals surface area contributed by atoms with Gasteiger partial charge in [0, 0.05) is 23.1 Å². The molecule has 8 nitrogen and oxygen atoms in total. The number of hydrogen-bond donors (Lipinski definition) is 1. The molecule has 0 heterocycles. The van der Waals surface area contributed by atoms with E-state index >= 15 is 0 Å². The van der Waals surface area contributed by atoms with Crippen LogP contribution < -0.4 is 14.4 Å². The van der Waals surface area contributed by atoms with Gasteiger partial charge in [-0.1, -0.05) is 36.2 Å². The molecule has 0 radical (unpaired) electrons. The molecule has 0 fully saturated rings. The molecule has 1 N–H and O–H groups in total. The average molecular weight is 530 g/mol. The fourth-order valence-electron chi connectivity index (χ4n) is 3.41. The fourth-order valence-corrected chi connectivity index (χ4v) is 4.73. The van der Waals surface area contributed by atoms with Crippen LogP contribution in [0.3, 0.4) is 0 Å². The minimum atomic E-state index is -3.81. The van der Waals surface area contributed by atoms with Gasteiger partial charge in [-0.3, -0.25) is 13.9 Å². The number of carbonyl (C=O) groups excluding carboxylic acids is 2. The van der Waals surface area contributed by atoms with Crippen LogP contribution in [0.5, 0.6) is 5.75 Å². The van der Waals surface area contributed by atoms with Crippen LogP contribution in [-0.4, -0.2) is 57.6 Å². The molecule has 0 aromatic heterocycles. The molecule has 2 amide bonds. The van der Waals surface area contributed by atoms with Crippen molar-refractivity contribution in [2.75, 3.05) is 30.8 Å². The summed E-state index contributed by atoms with van der Waals surface area (Å²) in [5, 5.41) is 3.51. The lowest BCUT2D eigenvalue weighted by atomic mass is 10.1. The Morgan fingerprint density at radius 3 is 2.24 bits per heavy atom. The number of rotatable bonds is 11. The van der Waals surface area contributed by atoms with Gasteiger partial charge < -0.3 is 15.0 Å². The number of halogens is 2. The zero-order chi connectivity index (χ0) is 25.5. The first-order valence-corrected chi connectivity index (χ1v) is 13.2. The van der Waals surface area contributed by atoms with Crippen molar-refractivity contribution in [2.24, 2.45) is 0 Å². The molecule has 0 saturated carbocycles. The Morgan fingerprint density at radius 2 is 1.74 bits per heavy atom. The quantitative estimate of drug-likeness (QED) is 0.478. The van der Waals surface area contributed by atoms with Crippen LogP contribution in [0.1, 0.15) is 25.8 Å². The molecule has 0 spiro atoms. The first-order chi connectivity index (χ1) is 16.0. The SMILES string of the molecule is CCNC(=O)C(CC)N(Cc1ccc(Cl)cc1Cl)C(=O)CN(c1ccc(OC)cc1)S(C)(=O)=O. The van der Waals surface area contributed by atoms with Gasteiger partial charge in [-0.2, -0.15) is 0 Å². The molecule has 1 atom stereocenters. The summed E-state index contributed by atoms with van der Waals surface area (Å²) in [6.07, 6.45) is 1.34. The van der Waals surface area contributed by atoms with Gasteiger partial charge in [-0.25, -0.2) is 8.42 Å². The lowest BCUT2D eigenvalue weighted by molar-refractivity contribution is -0.140. The first-order valence-electron chi connectivity index (χ1n) is 10.6. The van der Waals surface area contributed by atoms with Crippen molar-refractivity contribution in [3.05, 3.63) is 58.1 Å². The number of carbonyl (C=O) groups is 2. The molecule has 2 rings (SSSR count). The number of benzene rings is 2. The van der Waals surface area contributed by atoms with Gasteiger partial charge in [0.2, 0.25) is 21.8 Å². The van der Waals surface area contributed by atoms with Crippen molar-refractivity contribution < 1.29 is 22.7 Å². The van der Waals surface area contributed by atoms with Crippen molar-refractivity contribution in [2.45, 2.75) is 32.9 Å². The number of nitrogens with one attached hydrogen (secondary N) is 1. The molecule has 1 unspecified atom stereocenters. The molecule has 0 aliphatic rings. The number of hydrogen-bond acceptors (Lipinski definition) is 5. The minimum absolute atomic E-state index is 0.00465. The fraction of sp³-hybridized carbons (Fsp3) is 0.391. The lowest BCUT2D eigenvalue weighted by Crippen LogP contribution is -2.52. The summed E-state index contributed by atoms with van der Waals surface area (Å²) in [6, 6.07) is 10.3. The third-order valence-corrected chi connectivity index (χ3v) is 6.86. The van der Waals surface area contributed by atoms with Crippen molar-refractivity contribution in [1.29, 1.82) is 0 Å². The Balaban J connectivity index is 2.45. The Morgan fingerprint density at radius 1 is 1.09 bits per heavy atom. The molecule has 2 aromatic carbocycles. The van der Waals surface area contributed by atoms with Crippen LogP contribution in [0.4, 0.5) is 5.69 Å². The van der Waals surface area contributed by atoms with Crippen molar-refractivity contribution >= 4 is 50.7 Å². The van der Waals surface area contributed by atoms with Crippen molar-refractivity contribution in [1.82, 2.24) is 10.2 Å². The van der Waals surface area contributed by atoms with Crippen LogP contribution in [0, 0.1) is 0 Å². The maximum atomic E-state index is 13.5. The smallest absolute Gasteiger partial charge is 0.244 e. The van der Waals surface area contributed by atoms with Crippen molar-refractivity contribution in [3.63, 3.8) is 0 Å².